The van der Waals surface area contributed by atoms with Crippen molar-refractivity contribution in [3.05, 3.63) is 70.3 Å². The van der Waals surface area contributed by atoms with Crippen molar-refractivity contribution in [3.63, 3.8) is 0 Å². The molecule has 1 N–H and O–H groups in total. The van der Waals surface area contributed by atoms with Gasteiger partial charge in [0.1, 0.15) is 5.69 Å². The molecule has 1 aromatic carbocycles. The van der Waals surface area contributed by atoms with Crippen molar-refractivity contribution in [1.29, 1.82) is 0 Å². The molecule has 9 nitrogen and oxygen atoms in total. The van der Waals surface area contributed by atoms with Gasteiger partial charge in [0.15, 0.2) is 5.69 Å². The molecule has 0 saturated carbocycles. The number of hydrogen-bond donors (Lipinski definition) is 1. The quantitative estimate of drug-likeness (QED) is 0.707. The Labute approximate surface area is 159 Å². The number of carboxylic acids is 1. The summed E-state index contributed by atoms with van der Waals surface area (Å²) in [4.78, 5) is 37.4. The van der Waals surface area contributed by atoms with Gasteiger partial charge in [0.25, 0.3) is 11.5 Å². The molecular formula is C19H17N5O4. The van der Waals surface area contributed by atoms with Crippen LogP contribution in [0.3, 0.4) is 0 Å². The van der Waals surface area contributed by atoms with Crippen molar-refractivity contribution in [2.45, 2.75) is 13.1 Å². The predicted octanol–water partition coefficient (Wildman–Crippen LogP) is 0.961. The fraction of sp³-hybridized carbons (Fsp3) is 0.211. The van der Waals surface area contributed by atoms with Gasteiger partial charge in [0.2, 0.25) is 0 Å². The zero-order chi connectivity index (χ0) is 19.7. The largest absolute Gasteiger partial charge is 0.476 e. The monoisotopic (exact) mass is 379 g/mol. The predicted molar refractivity (Wildman–Crippen MR) is 99.0 cm³/mol. The highest BCUT2D eigenvalue weighted by Gasteiger charge is 2.27. The van der Waals surface area contributed by atoms with Crippen LogP contribution in [0.5, 0.6) is 0 Å². The molecule has 142 valence electrons. The molecule has 0 fully saturated rings. The van der Waals surface area contributed by atoms with E-state index in [0.717, 1.165) is 5.56 Å². The molecule has 0 radical (unpaired) electrons. The number of carbonyl (C=O) groups excluding carboxylic acids is 1. The van der Waals surface area contributed by atoms with E-state index in [2.05, 4.69) is 10.2 Å². The van der Waals surface area contributed by atoms with Crippen LogP contribution in [0.4, 0.5) is 0 Å². The van der Waals surface area contributed by atoms with Gasteiger partial charge in [-0.25, -0.2) is 9.48 Å². The van der Waals surface area contributed by atoms with Crippen LogP contribution in [-0.2, 0) is 13.1 Å². The van der Waals surface area contributed by atoms with E-state index < -0.39 is 5.97 Å². The Balaban J connectivity index is 1.51. The zero-order valence-electron chi connectivity index (χ0n) is 14.9. The maximum absolute atomic E-state index is 12.6. The minimum atomic E-state index is -1.17. The topological polar surface area (TPSA) is 110 Å². The van der Waals surface area contributed by atoms with Crippen molar-refractivity contribution in [3.8, 4) is 11.3 Å². The minimum Gasteiger partial charge on any atom is -0.476 e. The summed E-state index contributed by atoms with van der Waals surface area (Å²) in [5.74, 6) is -1.48. The van der Waals surface area contributed by atoms with Gasteiger partial charge in [-0.1, -0.05) is 30.3 Å². The van der Waals surface area contributed by atoms with Crippen LogP contribution in [0.25, 0.3) is 11.3 Å². The molecule has 1 aliphatic rings. The summed E-state index contributed by atoms with van der Waals surface area (Å²) in [6, 6.07) is 13.9. The lowest BCUT2D eigenvalue weighted by Crippen LogP contribution is -2.43. The highest BCUT2D eigenvalue weighted by Crippen LogP contribution is 2.15. The molecule has 28 heavy (non-hydrogen) atoms. The smallest absolute Gasteiger partial charge is 0.356 e. The number of aromatic carboxylic acids is 1. The molecule has 0 unspecified atom stereocenters. The molecule has 0 saturated heterocycles. The van der Waals surface area contributed by atoms with Gasteiger partial charge in [0.05, 0.1) is 18.8 Å². The standard InChI is InChI=1S/C19H17N5O4/c25-17-7-6-14(13-4-2-1-3-5-13)20-24(17)11-9-22-8-10-23-16(18(22)26)12-15(21-23)19(27)28/h1-7,12H,8-11H2,(H,27,28). The van der Waals surface area contributed by atoms with Crippen LogP contribution < -0.4 is 5.56 Å². The number of nitrogens with zero attached hydrogens (tertiary/aromatic N) is 5. The van der Waals surface area contributed by atoms with Crippen molar-refractivity contribution >= 4 is 11.9 Å². The third-order valence-corrected chi connectivity index (χ3v) is 4.61. The molecule has 3 aromatic rings. The van der Waals surface area contributed by atoms with E-state index in [1.165, 1.54) is 21.5 Å². The summed E-state index contributed by atoms with van der Waals surface area (Å²) in [5.41, 5.74) is 1.41. The number of amides is 1. The first-order valence-electron chi connectivity index (χ1n) is 8.77. The Kier molecular flexibility index (Phi) is 4.48. The Morgan fingerprint density at radius 3 is 2.54 bits per heavy atom. The highest BCUT2D eigenvalue weighted by molar-refractivity contribution is 5.96. The second-order valence-electron chi connectivity index (χ2n) is 6.38. The normalized spacial score (nSPS) is 13.4. The second-order valence-corrected chi connectivity index (χ2v) is 6.38. The lowest BCUT2D eigenvalue weighted by Gasteiger charge is -2.27. The number of rotatable bonds is 5. The molecule has 2 aromatic heterocycles. The van der Waals surface area contributed by atoms with Crippen LogP contribution in [0, 0.1) is 0 Å². The van der Waals surface area contributed by atoms with Crippen molar-refractivity contribution in [2.24, 2.45) is 0 Å². The summed E-state index contributed by atoms with van der Waals surface area (Å²) >= 11 is 0. The molecule has 0 bridgehead atoms. The van der Waals surface area contributed by atoms with E-state index in [-0.39, 0.29) is 35.9 Å². The molecule has 0 atom stereocenters. The third-order valence-electron chi connectivity index (χ3n) is 4.61. The number of aromatic nitrogens is 4. The molecule has 4 rings (SSSR count). The van der Waals surface area contributed by atoms with Crippen molar-refractivity contribution < 1.29 is 14.7 Å². The van der Waals surface area contributed by atoms with Crippen LogP contribution in [0.15, 0.2) is 53.3 Å². The van der Waals surface area contributed by atoms with E-state index in [4.69, 9.17) is 5.11 Å². The van der Waals surface area contributed by atoms with Crippen LogP contribution in [0.2, 0.25) is 0 Å². The molecular weight excluding hydrogens is 362 g/mol. The molecule has 1 aliphatic heterocycles. The first-order chi connectivity index (χ1) is 13.5. The van der Waals surface area contributed by atoms with E-state index in [1.807, 2.05) is 30.3 Å². The van der Waals surface area contributed by atoms with E-state index >= 15 is 0 Å². The first-order valence-corrected chi connectivity index (χ1v) is 8.77. The van der Waals surface area contributed by atoms with Gasteiger partial charge >= 0.3 is 5.97 Å². The molecule has 0 aliphatic carbocycles. The van der Waals surface area contributed by atoms with Gasteiger partial charge in [-0.2, -0.15) is 10.2 Å². The zero-order valence-corrected chi connectivity index (χ0v) is 14.9. The van der Waals surface area contributed by atoms with Crippen LogP contribution in [-0.4, -0.2) is 54.5 Å². The highest BCUT2D eigenvalue weighted by atomic mass is 16.4. The lowest BCUT2D eigenvalue weighted by molar-refractivity contribution is 0.0673. The maximum atomic E-state index is 12.6. The van der Waals surface area contributed by atoms with E-state index in [1.54, 1.807) is 11.0 Å². The van der Waals surface area contributed by atoms with Gasteiger partial charge in [-0.15, -0.1) is 0 Å². The molecule has 3 heterocycles. The van der Waals surface area contributed by atoms with Gasteiger partial charge in [0, 0.05) is 30.8 Å². The summed E-state index contributed by atoms with van der Waals surface area (Å²) in [7, 11) is 0. The Hall–Kier alpha value is -3.75. The molecule has 1 amide bonds. The number of carboxylic acid groups (broad SMARTS) is 1. The molecule has 9 heteroatoms. The maximum Gasteiger partial charge on any atom is 0.356 e. The Morgan fingerprint density at radius 2 is 1.79 bits per heavy atom. The molecule has 0 spiro atoms. The van der Waals surface area contributed by atoms with Gasteiger partial charge in [-0.05, 0) is 6.07 Å². The summed E-state index contributed by atoms with van der Waals surface area (Å²) in [5, 5.41) is 17.4. The van der Waals surface area contributed by atoms with Crippen LogP contribution in [0.1, 0.15) is 21.0 Å². The fourth-order valence-corrected chi connectivity index (χ4v) is 3.14. The summed E-state index contributed by atoms with van der Waals surface area (Å²) in [6.07, 6.45) is 0. The first kappa shape index (κ1) is 17.7. The number of fused-ring (bicyclic) bond motifs is 1. The number of benzene rings is 1. The van der Waals surface area contributed by atoms with Crippen molar-refractivity contribution in [1.82, 2.24) is 24.5 Å². The third kappa shape index (κ3) is 3.29. The van der Waals surface area contributed by atoms with E-state index in [9.17, 15) is 14.4 Å². The van der Waals surface area contributed by atoms with Crippen LogP contribution >= 0.6 is 0 Å². The van der Waals surface area contributed by atoms with Gasteiger partial charge < -0.3 is 10.0 Å². The second kappa shape index (κ2) is 7.10. The summed E-state index contributed by atoms with van der Waals surface area (Å²) in [6.45, 7) is 1.32. The Bertz CT molecular complexity index is 1100. The minimum absolute atomic E-state index is 0.154. The fourth-order valence-electron chi connectivity index (χ4n) is 3.14. The number of hydrogen-bond acceptors (Lipinski definition) is 5. The Morgan fingerprint density at radius 1 is 1.00 bits per heavy atom. The average Bonchev–Trinajstić information content (AvgIpc) is 3.15. The summed E-state index contributed by atoms with van der Waals surface area (Å²) < 4.78 is 2.74. The van der Waals surface area contributed by atoms with E-state index in [0.29, 0.717) is 18.8 Å². The van der Waals surface area contributed by atoms with Gasteiger partial charge in [-0.3, -0.25) is 14.3 Å². The van der Waals surface area contributed by atoms with Crippen molar-refractivity contribution in [2.75, 3.05) is 13.1 Å². The lowest BCUT2D eigenvalue weighted by atomic mass is 10.1. The number of carbonyl (C=O) groups is 2. The SMILES string of the molecule is O=C(O)c1cc2n(n1)CCN(CCn1nc(-c3ccccc3)ccc1=O)C2=O. The average molecular weight is 379 g/mol.